The van der Waals surface area contributed by atoms with Gasteiger partial charge in [-0.05, 0) is 39.5 Å². The van der Waals surface area contributed by atoms with E-state index in [0.717, 1.165) is 12.8 Å². The van der Waals surface area contributed by atoms with E-state index < -0.39 is 5.97 Å². The summed E-state index contributed by atoms with van der Waals surface area (Å²) in [5, 5.41) is 8.53. The second kappa shape index (κ2) is 9.20. The predicted octanol–water partition coefficient (Wildman–Crippen LogP) is 4.32. The van der Waals surface area contributed by atoms with Crippen LogP contribution >= 0.6 is 0 Å². The second-order valence-electron chi connectivity index (χ2n) is 4.32. The van der Waals surface area contributed by atoms with Gasteiger partial charge in [0.25, 0.3) is 0 Å². The Morgan fingerprint density at radius 2 is 1.50 bits per heavy atom. The van der Waals surface area contributed by atoms with Gasteiger partial charge in [0.15, 0.2) is 0 Å². The molecule has 0 atom stereocenters. The highest BCUT2D eigenvalue weighted by atomic mass is 16.4. The minimum absolute atomic E-state index is 0.243. The van der Waals surface area contributed by atoms with Crippen molar-refractivity contribution in [3.05, 3.63) is 23.3 Å². The fourth-order valence-corrected chi connectivity index (χ4v) is 1.56. The lowest BCUT2D eigenvalue weighted by Crippen LogP contribution is -1.94. The van der Waals surface area contributed by atoms with Crippen LogP contribution in [0.3, 0.4) is 0 Å². The van der Waals surface area contributed by atoms with Crippen molar-refractivity contribution in [2.45, 2.75) is 59.3 Å². The first-order valence-corrected chi connectivity index (χ1v) is 6.09. The molecule has 0 aliphatic carbocycles. The minimum atomic E-state index is -0.716. The van der Waals surface area contributed by atoms with E-state index in [1.54, 1.807) is 0 Å². The summed E-state index contributed by atoms with van der Waals surface area (Å²) in [4.78, 5) is 10.4. The van der Waals surface area contributed by atoms with Gasteiger partial charge in [0.05, 0.1) is 0 Å². The SMILES string of the molecule is CCCC(C)=CCCC=C(C)CCC(=O)O. The summed E-state index contributed by atoms with van der Waals surface area (Å²) in [6.07, 6.45) is 9.82. The van der Waals surface area contributed by atoms with E-state index in [9.17, 15) is 4.79 Å². The number of allylic oxidation sites excluding steroid dienone is 4. The van der Waals surface area contributed by atoms with Crippen molar-refractivity contribution >= 4 is 5.97 Å². The van der Waals surface area contributed by atoms with Crippen LogP contribution in [0.4, 0.5) is 0 Å². The maximum Gasteiger partial charge on any atom is 0.303 e. The van der Waals surface area contributed by atoms with E-state index in [0.29, 0.717) is 6.42 Å². The van der Waals surface area contributed by atoms with Gasteiger partial charge < -0.3 is 5.11 Å². The van der Waals surface area contributed by atoms with Crippen molar-refractivity contribution < 1.29 is 9.90 Å². The van der Waals surface area contributed by atoms with Gasteiger partial charge in [-0.1, -0.05) is 36.6 Å². The number of hydrogen-bond donors (Lipinski definition) is 1. The number of carboxylic acid groups (broad SMARTS) is 1. The summed E-state index contributed by atoms with van der Waals surface area (Å²) in [7, 11) is 0. The van der Waals surface area contributed by atoms with E-state index >= 15 is 0 Å². The van der Waals surface area contributed by atoms with E-state index in [4.69, 9.17) is 5.11 Å². The molecule has 0 aliphatic rings. The first-order chi connectivity index (χ1) is 7.56. The second-order valence-corrected chi connectivity index (χ2v) is 4.32. The quantitative estimate of drug-likeness (QED) is 0.492. The zero-order valence-corrected chi connectivity index (χ0v) is 10.8. The summed E-state index contributed by atoms with van der Waals surface area (Å²) in [5.74, 6) is -0.716. The van der Waals surface area contributed by atoms with Gasteiger partial charge in [0.1, 0.15) is 0 Å². The van der Waals surface area contributed by atoms with Crippen LogP contribution in [-0.2, 0) is 4.79 Å². The molecule has 2 nitrogen and oxygen atoms in total. The van der Waals surface area contributed by atoms with Crippen LogP contribution < -0.4 is 0 Å². The third-order valence-electron chi connectivity index (χ3n) is 2.53. The van der Waals surface area contributed by atoms with Crippen molar-refractivity contribution in [2.24, 2.45) is 0 Å². The Hall–Kier alpha value is -1.05. The predicted molar refractivity (Wildman–Crippen MR) is 68.5 cm³/mol. The van der Waals surface area contributed by atoms with Crippen molar-refractivity contribution in [3.63, 3.8) is 0 Å². The van der Waals surface area contributed by atoms with Crippen molar-refractivity contribution in [3.8, 4) is 0 Å². The molecule has 0 aliphatic heterocycles. The average Bonchev–Trinajstić information content (AvgIpc) is 2.22. The number of carboxylic acids is 1. The molecule has 92 valence electrons. The van der Waals surface area contributed by atoms with Gasteiger partial charge >= 0.3 is 5.97 Å². The fraction of sp³-hybridized carbons (Fsp3) is 0.643. The Labute approximate surface area is 99.1 Å². The van der Waals surface area contributed by atoms with E-state index in [1.807, 2.05) is 6.92 Å². The third-order valence-corrected chi connectivity index (χ3v) is 2.53. The maximum absolute atomic E-state index is 10.4. The van der Waals surface area contributed by atoms with Crippen LogP contribution in [0.5, 0.6) is 0 Å². The normalized spacial score (nSPS) is 12.9. The molecule has 0 amide bonds. The fourth-order valence-electron chi connectivity index (χ4n) is 1.56. The molecular formula is C14H24O2. The monoisotopic (exact) mass is 224 g/mol. The van der Waals surface area contributed by atoms with Crippen LogP contribution in [-0.4, -0.2) is 11.1 Å². The molecule has 0 aromatic carbocycles. The Balaban J connectivity index is 3.73. The Bertz CT molecular complexity index is 262. The Kier molecular flexibility index (Phi) is 8.59. The lowest BCUT2D eigenvalue weighted by atomic mass is 10.1. The molecule has 0 rings (SSSR count). The van der Waals surface area contributed by atoms with Crippen molar-refractivity contribution in [1.82, 2.24) is 0 Å². The van der Waals surface area contributed by atoms with Crippen LogP contribution in [0.15, 0.2) is 23.3 Å². The molecule has 0 saturated carbocycles. The molecule has 0 aromatic heterocycles. The highest BCUT2D eigenvalue weighted by Gasteiger charge is 1.96. The average molecular weight is 224 g/mol. The number of carbonyl (C=O) groups is 1. The molecule has 0 bridgehead atoms. The molecule has 0 heterocycles. The van der Waals surface area contributed by atoms with E-state index in [1.165, 1.54) is 24.0 Å². The Morgan fingerprint density at radius 3 is 1.94 bits per heavy atom. The number of unbranched alkanes of at least 4 members (excludes halogenated alkanes) is 1. The molecule has 0 fully saturated rings. The van der Waals surface area contributed by atoms with Gasteiger partial charge in [0.2, 0.25) is 0 Å². The molecule has 2 heteroatoms. The highest BCUT2D eigenvalue weighted by molar-refractivity contribution is 5.66. The smallest absolute Gasteiger partial charge is 0.303 e. The van der Waals surface area contributed by atoms with Crippen molar-refractivity contribution in [2.75, 3.05) is 0 Å². The molecular weight excluding hydrogens is 200 g/mol. The number of rotatable bonds is 8. The number of aliphatic carboxylic acids is 1. The Morgan fingerprint density at radius 1 is 1.00 bits per heavy atom. The molecule has 0 aromatic rings. The van der Waals surface area contributed by atoms with Crippen LogP contribution in [0, 0.1) is 0 Å². The van der Waals surface area contributed by atoms with E-state index in [-0.39, 0.29) is 6.42 Å². The van der Waals surface area contributed by atoms with Crippen LogP contribution in [0.1, 0.15) is 59.3 Å². The molecule has 16 heavy (non-hydrogen) atoms. The van der Waals surface area contributed by atoms with E-state index in [2.05, 4.69) is 26.0 Å². The minimum Gasteiger partial charge on any atom is -0.481 e. The summed E-state index contributed by atoms with van der Waals surface area (Å²) in [5.41, 5.74) is 2.64. The number of hydrogen-bond acceptors (Lipinski definition) is 1. The largest absolute Gasteiger partial charge is 0.481 e. The van der Waals surface area contributed by atoms with Gasteiger partial charge in [-0.25, -0.2) is 0 Å². The highest BCUT2D eigenvalue weighted by Crippen LogP contribution is 2.09. The topological polar surface area (TPSA) is 37.3 Å². The lowest BCUT2D eigenvalue weighted by Gasteiger charge is -1.99. The maximum atomic E-state index is 10.4. The van der Waals surface area contributed by atoms with Crippen LogP contribution in [0.2, 0.25) is 0 Å². The summed E-state index contributed by atoms with van der Waals surface area (Å²) >= 11 is 0. The first kappa shape index (κ1) is 14.9. The zero-order valence-electron chi connectivity index (χ0n) is 10.8. The lowest BCUT2D eigenvalue weighted by molar-refractivity contribution is -0.136. The van der Waals surface area contributed by atoms with Gasteiger partial charge in [-0.15, -0.1) is 0 Å². The third kappa shape index (κ3) is 9.50. The molecule has 0 radical (unpaired) electrons. The molecule has 0 saturated heterocycles. The van der Waals surface area contributed by atoms with Gasteiger partial charge in [-0.3, -0.25) is 4.79 Å². The zero-order chi connectivity index (χ0) is 12.4. The summed E-state index contributed by atoms with van der Waals surface area (Å²) < 4.78 is 0. The van der Waals surface area contributed by atoms with Gasteiger partial charge in [0, 0.05) is 6.42 Å². The molecule has 1 N–H and O–H groups in total. The first-order valence-electron chi connectivity index (χ1n) is 6.09. The standard InChI is InChI=1S/C14H24O2/c1-4-7-12(2)8-5-6-9-13(3)10-11-14(15)16/h8-9H,4-7,10-11H2,1-3H3,(H,15,16). The van der Waals surface area contributed by atoms with Crippen molar-refractivity contribution in [1.29, 1.82) is 0 Å². The van der Waals surface area contributed by atoms with Crippen LogP contribution in [0.25, 0.3) is 0 Å². The molecule has 0 spiro atoms. The van der Waals surface area contributed by atoms with Gasteiger partial charge in [-0.2, -0.15) is 0 Å². The summed E-state index contributed by atoms with van der Waals surface area (Å²) in [6.45, 7) is 6.36. The summed E-state index contributed by atoms with van der Waals surface area (Å²) in [6, 6.07) is 0. The molecule has 0 unspecified atom stereocenters.